The van der Waals surface area contributed by atoms with Crippen molar-refractivity contribution < 1.29 is 17.9 Å². The molecule has 3 aromatic rings. The molecule has 0 spiro atoms. The van der Waals surface area contributed by atoms with Crippen molar-refractivity contribution >= 4 is 27.5 Å². The van der Waals surface area contributed by atoms with Crippen molar-refractivity contribution in [2.24, 2.45) is 0 Å². The molecule has 2 fully saturated rings. The van der Waals surface area contributed by atoms with Gasteiger partial charge in [0.1, 0.15) is 0 Å². The zero-order valence-corrected chi connectivity index (χ0v) is 21.8. The number of aromatic nitrogens is 2. The van der Waals surface area contributed by atoms with Crippen LogP contribution in [0.5, 0.6) is 0 Å². The summed E-state index contributed by atoms with van der Waals surface area (Å²) in [4.78, 5) is 24.1. The Kier molecular flexibility index (Phi) is 7.12. The average molecular weight is 522 g/mol. The third-order valence-corrected chi connectivity index (χ3v) is 8.35. The molecule has 2 heterocycles. The molecule has 37 heavy (non-hydrogen) atoms. The zero-order valence-electron chi connectivity index (χ0n) is 21.0. The van der Waals surface area contributed by atoms with Crippen LogP contribution in [0.1, 0.15) is 26.7 Å². The Morgan fingerprint density at radius 3 is 2.51 bits per heavy atom. The fraction of sp³-hybridized carbons (Fsp3) is 0.370. The smallest absolute Gasteiger partial charge is 0.319 e. The van der Waals surface area contributed by atoms with E-state index in [9.17, 15) is 13.2 Å². The highest BCUT2D eigenvalue weighted by Gasteiger charge is 2.25. The van der Waals surface area contributed by atoms with Gasteiger partial charge in [-0.25, -0.2) is 23.2 Å². The number of benzene rings is 2. The summed E-state index contributed by atoms with van der Waals surface area (Å²) >= 11 is 0. The van der Waals surface area contributed by atoms with E-state index < -0.39 is 9.84 Å². The van der Waals surface area contributed by atoms with Crippen LogP contribution in [-0.2, 0) is 14.6 Å². The van der Waals surface area contributed by atoms with Crippen LogP contribution >= 0.6 is 0 Å². The van der Waals surface area contributed by atoms with Crippen LogP contribution in [0, 0.1) is 0 Å². The molecule has 2 N–H and O–H groups in total. The van der Waals surface area contributed by atoms with Crippen molar-refractivity contribution in [3.05, 3.63) is 54.6 Å². The number of carbonyl (C=O) groups is 1. The third-order valence-electron chi connectivity index (χ3n) is 6.57. The summed E-state index contributed by atoms with van der Waals surface area (Å²) in [6.45, 7) is 5.46. The van der Waals surface area contributed by atoms with Gasteiger partial charge in [0.2, 0.25) is 5.95 Å². The summed E-state index contributed by atoms with van der Waals surface area (Å²) in [5, 5.41) is 5.77. The summed E-state index contributed by atoms with van der Waals surface area (Å²) in [6, 6.07) is 16.3. The van der Waals surface area contributed by atoms with Gasteiger partial charge in [0.05, 0.1) is 41.3 Å². The first-order chi connectivity index (χ1) is 17.8. The predicted molar refractivity (Wildman–Crippen MR) is 143 cm³/mol. The summed E-state index contributed by atoms with van der Waals surface area (Å²) in [7, 11) is -3.46. The normalized spacial score (nSPS) is 17.9. The second-order valence-corrected chi connectivity index (χ2v) is 11.7. The molecule has 1 aliphatic carbocycles. The second kappa shape index (κ2) is 10.5. The molecule has 0 bridgehead atoms. The minimum Gasteiger partial charge on any atom is -0.377 e. The molecule has 2 aromatic carbocycles. The highest BCUT2D eigenvalue weighted by atomic mass is 32.2. The van der Waals surface area contributed by atoms with Gasteiger partial charge >= 0.3 is 6.03 Å². The minimum absolute atomic E-state index is 0.00189. The number of sulfone groups is 1. The van der Waals surface area contributed by atoms with Crippen molar-refractivity contribution in [1.82, 2.24) is 15.3 Å². The van der Waals surface area contributed by atoms with Gasteiger partial charge in [-0.05, 0) is 44.0 Å². The van der Waals surface area contributed by atoms with Crippen molar-refractivity contribution in [2.45, 2.75) is 43.7 Å². The standard InChI is InChI=1S/C27H31N5O4S/c1-3-37(34,35)25-7-5-4-6-22(25)24-16-23(30-26(31-24)32-14-15-36-17-18(32)2)19-8-10-20(11-9-19)28-27(33)29-21-12-13-21/h4-11,16,18,21H,3,12-15,17H2,1-2H3,(H2,28,29,33). The zero-order chi connectivity index (χ0) is 26.0. The van der Waals surface area contributed by atoms with Gasteiger partial charge in [-0.15, -0.1) is 0 Å². The largest absolute Gasteiger partial charge is 0.377 e. The number of hydrogen-bond acceptors (Lipinski definition) is 7. The SMILES string of the molecule is CCS(=O)(=O)c1ccccc1-c1cc(-c2ccc(NC(=O)NC3CC3)cc2)nc(N2CCOCC2C)n1. The summed E-state index contributed by atoms with van der Waals surface area (Å²) < 4.78 is 31.3. The molecule has 9 nitrogen and oxygen atoms in total. The Bertz CT molecular complexity index is 1390. The lowest BCUT2D eigenvalue weighted by Crippen LogP contribution is -2.44. The number of hydrogen-bond donors (Lipinski definition) is 2. The number of nitrogens with one attached hydrogen (secondary N) is 2. The van der Waals surface area contributed by atoms with Crippen molar-refractivity contribution in [2.75, 3.05) is 35.7 Å². The Hall–Kier alpha value is -3.50. The molecule has 1 aliphatic heterocycles. The molecule has 5 rings (SSSR count). The van der Waals surface area contributed by atoms with Gasteiger partial charge in [-0.3, -0.25) is 0 Å². The van der Waals surface area contributed by atoms with Gasteiger partial charge in [0.25, 0.3) is 0 Å². The highest BCUT2D eigenvalue weighted by molar-refractivity contribution is 7.91. The number of nitrogens with zero attached hydrogens (tertiary/aromatic N) is 3. The maximum atomic E-state index is 12.9. The second-order valence-electron chi connectivity index (χ2n) is 9.41. The summed E-state index contributed by atoms with van der Waals surface area (Å²) in [6.07, 6.45) is 2.05. The van der Waals surface area contributed by atoms with Crippen LogP contribution in [0.15, 0.2) is 59.5 Å². The minimum atomic E-state index is -3.46. The number of urea groups is 1. The number of rotatable bonds is 7. The highest BCUT2D eigenvalue weighted by Crippen LogP contribution is 2.32. The first kappa shape index (κ1) is 25.2. The first-order valence-electron chi connectivity index (χ1n) is 12.6. The Morgan fingerprint density at radius 2 is 1.81 bits per heavy atom. The van der Waals surface area contributed by atoms with Gasteiger partial charge in [0, 0.05) is 29.4 Å². The van der Waals surface area contributed by atoms with E-state index in [1.165, 1.54) is 0 Å². The molecule has 1 saturated heterocycles. The summed E-state index contributed by atoms with van der Waals surface area (Å²) in [5.41, 5.74) is 3.26. The Morgan fingerprint density at radius 1 is 1.08 bits per heavy atom. The van der Waals surface area contributed by atoms with E-state index in [0.29, 0.717) is 48.3 Å². The van der Waals surface area contributed by atoms with Crippen molar-refractivity contribution in [3.8, 4) is 22.5 Å². The quantitative estimate of drug-likeness (QED) is 0.481. The van der Waals surface area contributed by atoms with Crippen LogP contribution in [0.25, 0.3) is 22.5 Å². The van der Waals surface area contributed by atoms with Crippen molar-refractivity contribution in [3.63, 3.8) is 0 Å². The van der Waals surface area contributed by atoms with E-state index in [1.807, 2.05) is 36.4 Å². The molecule has 10 heteroatoms. The molecular formula is C27H31N5O4S. The molecule has 1 aromatic heterocycles. The topological polar surface area (TPSA) is 114 Å². The number of amides is 2. The molecule has 194 valence electrons. The lowest BCUT2D eigenvalue weighted by Gasteiger charge is -2.33. The third kappa shape index (κ3) is 5.75. The fourth-order valence-corrected chi connectivity index (χ4v) is 5.39. The fourth-order valence-electron chi connectivity index (χ4n) is 4.28. The molecule has 0 radical (unpaired) electrons. The lowest BCUT2D eigenvalue weighted by molar-refractivity contribution is 0.0981. The first-order valence-corrected chi connectivity index (χ1v) is 14.2. The molecule has 2 aliphatic rings. The molecule has 1 saturated carbocycles. The number of ether oxygens (including phenoxy) is 1. The van der Waals surface area contributed by atoms with Crippen LogP contribution < -0.4 is 15.5 Å². The lowest BCUT2D eigenvalue weighted by atomic mass is 10.1. The number of carbonyl (C=O) groups excluding carboxylic acids is 1. The van der Waals surface area contributed by atoms with E-state index in [4.69, 9.17) is 14.7 Å². The maximum Gasteiger partial charge on any atom is 0.319 e. The van der Waals surface area contributed by atoms with Gasteiger partial charge in [-0.1, -0.05) is 37.3 Å². The average Bonchev–Trinajstić information content (AvgIpc) is 3.73. The van der Waals surface area contributed by atoms with Crippen LogP contribution in [0.4, 0.5) is 16.4 Å². The maximum absolute atomic E-state index is 12.9. The Balaban J connectivity index is 1.54. The van der Waals surface area contributed by atoms with Gasteiger partial charge < -0.3 is 20.3 Å². The van der Waals surface area contributed by atoms with Gasteiger partial charge in [0.15, 0.2) is 9.84 Å². The summed E-state index contributed by atoms with van der Waals surface area (Å²) in [5.74, 6) is 0.524. The monoisotopic (exact) mass is 521 g/mol. The predicted octanol–water partition coefficient (Wildman–Crippen LogP) is 4.11. The molecule has 2 amide bonds. The molecule has 1 unspecified atom stereocenters. The van der Waals surface area contributed by atoms with Crippen LogP contribution in [0.2, 0.25) is 0 Å². The van der Waals surface area contributed by atoms with Gasteiger partial charge in [-0.2, -0.15) is 0 Å². The van der Waals surface area contributed by atoms with Crippen LogP contribution in [0.3, 0.4) is 0 Å². The van der Waals surface area contributed by atoms with Crippen molar-refractivity contribution in [1.29, 1.82) is 0 Å². The molecule has 1 atom stereocenters. The molecular weight excluding hydrogens is 490 g/mol. The van der Waals surface area contributed by atoms with E-state index in [1.54, 1.807) is 25.1 Å². The number of morpholine rings is 1. The van der Waals surface area contributed by atoms with E-state index in [2.05, 4.69) is 22.5 Å². The van der Waals surface area contributed by atoms with E-state index in [-0.39, 0.29) is 28.8 Å². The number of anilines is 2. The van der Waals surface area contributed by atoms with Crippen LogP contribution in [-0.4, -0.2) is 62.0 Å². The Labute approximate surface area is 217 Å². The van der Waals surface area contributed by atoms with E-state index >= 15 is 0 Å². The van der Waals surface area contributed by atoms with E-state index in [0.717, 1.165) is 18.4 Å².